The second-order valence-electron chi connectivity index (χ2n) is 8.04. The average Bonchev–Trinajstić information content (AvgIpc) is 2.81. The van der Waals surface area contributed by atoms with Gasteiger partial charge in [0.2, 0.25) is 5.60 Å². The van der Waals surface area contributed by atoms with E-state index in [4.69, 9.17) is 4.52 Å². The molecule has 1 aromatic heterocycles. The molecule has 0 bridgehead atoms. The van der Waals surface area contributed by atoms with Crippen molar-refractivity contribution in [3.63, 3.8) is 0 Å². The molecule has 3 aromatic rings. The van der Waals surface area contributed by atoms with Crippen molar-refractivity contribution in [2.24, 2.45) is 5.92 Å². The van der Waals surface area contributed by atoms with Gasteiger partial charge in [0.15, 0.2) is 0 Å². The van der Waals surface area contributed by atoms with Crippen LogP contribution in [0.5, 0.6) is 0 Å². The summed E-state index contributed by atoms with van der Waals surface area (Å²) in [7, 11) is 0. The van der Waals surface area contributed by atoms with Crippen LogP contribution in [0.4, 0.5) is 5.69 Å². The van der Waals surface area contributed by atoms with Gasteiger partial charge in [0.05, 0.1) is 11.1 Å². The molecule has 0 aliphatic carbocycles. The summed E-state index contributed by atoms with van der Waals surface area (Å²) in [6.07, 6.45) is 1.41. The minimum Gasteiger partial charge on any atom is -0.369 e. The first kappa shape index (κ1) is 22.1. The number of amides is 1. The van der Waals surface area contributed by atoms with Gasteiger partial charge in [0.25, 0.3) is 5.91 Å². The summed E-state index contributed by atoms with van der Waals surface area (Å²) in [6.45, 7) is 3.71. The van der Waals surface area contributed by atoms with Gasteiger partial charge in [-0.05, 0) is 68.5 Å². The van der Waals surface area contributed by atoms with Gasteiger partial charge in [0, 0.05) is 22.6 Å². The van der Waals surface area contributed by atoms with Crippen LogP contribution in [0.25, 0.3) is 10.8 Å². The molecule has 2 aromatic carbocycles. The maximum atomic E-state index is 13.3. The predicted molar refractivity (Wildman–Crippen MR) is 127 cm³/mol. The molecule has 1 saturated heterocycles. The molecular weight excluding hydrogens is 424 g/mol. The van der Waals surface area contributed by atoms with Crippen LogP contribution in [0.3, 0.4) is 0 Å². The molecule has 2 N–H and O–H groups in total. The Morgan fingerprint density at radius 1 is 1.16 bits per heavy atom. The highest BCUT2D eigenvalue weighted by Crippen LogP contribution is 2.33. The van der Waals surface area contributed by atoms with Gasteiger partial charge >= 0.3 is 5.63 Å². The van der Waals surface area contributed by atoms with Gasteiger partial charge in [-0.3, -0.25) is 4.79 Å². The second kappa shape index (κ2) is 9.19. The van der Waals surface area contributed by atoms with Crippen LogP contribution in [0.2, 0.25) is 0 Å². The number of nitrogens with zero attached hydrogens (tertiary/aromatic N) is 1. The van der Waals surface area contributed by atoms with Gasteiger partial charge in [-0.2, -0.15) is 11.8 Å². The number of fused-ring (bicyclic) bond motifs is 1. The molecular formula is C25H24N2O4S. The molecule has 1 amide bonds. The molecule has 32 heavy (non-hydrogen) atoms. The minimum atomic E-state index is -1.83. The van der Waals surface area contributed by atoms with Crippen LogP contribution in [-0.2, 0) is 4.79 Å². The maximum Gasteiger partial charge on any atom is 0.366 e. The van der Waals surface area contributed by atoms with Crippen molar-refractivity contribution < 1.29 is 14.4 Å². The molecule has 1 fully saturated rings. The van der Waals surface area contributed by atoms with Crippen molar-refractivity contribution in [2.45, 2.75) is 32.3 Å². The number of benzene rings is 2. The molecule has 1 aliphatic rings. The van der Waals surface area contributed by atoms with Crippen LogP contribution in [-0.4, -0.2) is 33.3 Å². The van der Waals surface area contributed by atoms with Crippen molar-refractivity contribution in [3.05, 3.63) is 69.7 Å². The highest BCUT2D eigenvalue weighted by Gasteiger charge is 2.43. The van der Waals surface area contributed by atoms with E-state index in [0.29, 0.717) is 35.0 Å². The van der Waals surface area contributed by atoms with Crippen molar-refractivity contribution in [1.29, 1.82) is 0 Å². The molecule has 0 radical (unpaired) electrons. The molecule has 164 valence electrons. The first-order valence-electron chi connectivity index (χ1n) is 10.5. The number of hydrogen-bond donors (Lipinski definition) is 2. The quantitative estimate of drug-likeness (QED) is 0.594. The molecule has 1 aliphatic heterocycles. The van der Waals surface area contributed by atoms with Gasteiger partial charge in [-0.15, -0.1) is 0 Å². The first-order chi connectivity index (χ1) is 15.4. The van der Waals surface area contributed by atoms with E-state index in [2.05, 4.69) is 22.3 Å². The number of thioether (sulfide) groups is 1. The predicted octanol–water partition coefficient (Wildman–Crippen LogP) is 3.67. The molecule has 0 spiro atoms. The number of anilines is 1. The lowest BCUT2D eigenvalue weighted by Gasteiger charge is -2.33. The topological polar surface area (TPSA) is 92.4 Å². The molecule has 1 unspecified atom stereocenters. The highest BCUT2D eigenvalue weighted by atomic mass is 32.2. The molecule has 2 heterocycles. The van der Waals surface area contributed by atoms with Gasteiger partial charge < -0.3 is 14.9 Å². The maximum absolute atomic E-state index is 13.3. The van der Waals surface area contributed by atoms with Crippen molar-refractivity contribution in [1.82, 2.24) is 5.16 Å². The number of aliphatic hydroxyl groups is 1. The fourth-order valence-corrected chi connectivity index (χ4v) is 4.90. The number of aromatic nitrogens is 1. The third-order valence-electron chi connectivity index (χ3n) is 5.76. The molecule has 0 saturated carbocycles. The Labute approximate surface area is 190 Å². The lowest BCUT2D eigenvalue weighted by molar-refractivity contribution is -0.133. The van der Waals surface area contributed by atoms with E-state index in [-0.39, 0.29) is 5.92 Å². The summed E-state index contributed by atoms with van der Waals surface area (Å²) >= 11 is 1.81. The van der Waals surface area contributed by atoms with E-state index in [9.17, 15) is 14.7 Å². The zero-order chi connectivity index (χ0) is 22.7. The highest BCUT2D eigenvalue weighted by molar-refractivity contribution is 7.99. The summed E-state index contributed by atoms with van der Waals surface area (Å²) < 4.78 is 4.75. The van der Waals surface area contributed by atoms with Crippen LogP contribution in [0.15, 0.2) is 51.8 Å². The fourth-order valence-electron chi connectivity index (χ4n) is 3.80. The molecule has 7 heteroatoms. The van der Waals surface area contributed by atoms with Crippen LogP contribution >= 0.6 is 11.8 Å². The summed E-state index contributed by atoms with van der Waals surface area (Å²) in [5, 5.41) is 19.0. The Kier molecular flexibility index (Phi) is 6.35. The Morgan fingerprint density at radius 3 is 2.59 bits per heavy atom. The SMILES string of the molecule is Cc1ccc(C#CC(O)(C(=O)Nc2ccc3c(=O)onc(C)c3c2)C2CCSCC2)cc1. The Hall–Kier alpha value is -3.08. The summed E-state index contributed by atoms with van der Waals surface area (Å²) in [4.78, 5) is 25.2. The Bertz CT molecular complexity index is 1270. The van der Waals surface area contributed by atoms with E-state index >= 15 is 0 Å². The zero-order valence-corrected chi connectivity index (χ0v) is 18.8. The summed E-state index contributed by atoms with van der Waals surface area (Å²) in [5.74, 6) is 6.80. The average molecular weight is 449 g/mol. The van der Waals surface area contributed by atoms with Gasteiger partial charge in [-0.25, -0.2) is 4.79 Å². The number of aryl methyl sites for hydroxylation is 2. The third kappa shape index (κ3) is 4.57. The van der Waals surface area contributed by atoms with Crippen molar-refractivity contribution in [3.8, 4) is 11.8 Å². The number of carbonyl (C=O) groups excluding carboxylic acids is 1. The monoisotopic (exact) mass is 448 g/mol. The summed E-state index contributed by atoms with van der Waals surface area (Å²) in [6, 6.07) is 12.5. The lowest BCUT2D eigenvalue weighted by atomic mass is 9.82. The number of hydrogen-bond acceptors (Lipinski definition) is 6. The molecule has 1 atom stereocenters. The second-order valence-corrected chi connectivity index (χ2v) is 9.26. The van der Waals surface area contributed by atoms with E-state index < -0.39 is 17.1 Å². The van der Waals surface area contributed by atoms with Crippen LogP contribution in [0.1, 0.15) is 29.7 Å². The van der Waals surface area contributed by atoms with E-state index in [1.165, 1.54) is 0 Å². The molecule has 6 nitrogen and oxygen atoms in total. The standard InChI is InChI=1S/C25H24N2O4S/c1-16-3-5-18(6-4-16)9-12-25(30,19-10-13-32-14-11-19)24(29)26-20-7-8-21-22(15-20)17(2)27-31-23(21)28/h3-8,15,19,30H,10-11,13-14H2,1-2H3,(H,26,29). The Balaban J connectivity index is 1.67. The van der Waals surface area contributed by atoms with Crippen LogP contribution < -0.4 is 10.9 Å². The minimum absolute atomic E-state index is 0.266. The largest absolute Gasteiger partial charge is 0.369 e. The summed E-state index contributed by atoms with van der Waals surface area (Å²) in [5.41, 5.74) is 0.482. The van der Waals surface area contributed by atoms with Crippen LogP contribution in [0, 0.1) is 31.6 Å². The molecule has 4 rings (SSSR count). The number of nitrogens with one attached hydrogen (secondary N) is 1. The zero-order valence-electron chi connectivity index (χ0n) is 18.0. The fraction of sp³-hybridized carbons (Fsp3) is 0.320. The van der Waals surface area contributed by atoms with E-state index in [0.717, 1.165) is 22.6 Å². The third-order valence-corrected chi connectivity index (χ3v) is 6.81. The van der Waals surface area contributed by atoms with E-state index in [1.54, 1.807) is 25.1 Å². The van der Waals surface area contributed by atoms with Crippen molar-refractivity contribution >= 4 is 34.1 Å². The smallest absolute Gasteiger partial charge is 0.366 e. The van der Waals surface area contributed by atoms with E-state index in [1.807, 2.05) is 43.0 Å². The van der Waals surface area contributed by atoms with Gasteiger partial charge in [-0.1, -0.05) is 34.7 Å². The number of rotatable bonds is 3. The normalized spacial score (nSPS) is 16.1. The van der Waals surface area contributed by atoms with Crippen molar-refractivity contribution in [2.75, 3.05) is 16.8 Å². The van der Waals surface area contributed by atoms with Gasteiger partial charge in [0.1, 0.15) is 0 Å². The number of carbonyl (C=O) groups is 1. The first-order valence-corrected chi connectivity index (χ1v) is 11.6. The lowest BCUT2D eigenvalue weighted by Crippen LogP contribution is -2.49. The Morgan fingerprint density at radius 2 is 1.88 bits per heavy atom.